The number of halogens is 2. The van der Waals surface area contributed by atoms with Crippen LogP contribution in [0.25, 0.3) is 0 Å². The molecule has 2 aromatic rings. The van der Waals surface area contributed by atoms with Gasteiger partial charge in [-0.25, -0.2) is 24.3 Å². The second-order valence-corrected chi connectivity index (χ2v) is 5.78. The van der Waals surface area contributed by atoms with E-state index in [0.717, 1.165) is 11.8 Å². The smallest absolute Gasteiger partial charge is 1.00 e. The van der Waals surface area contributed by atoms with Gasteiger partial charge in [-0.2, -0.15) is 35.4 Å². The van der Waals surface area contributed by atoms with E-state index in [-0.39, 0.29) is 51.0 Å². The van der Waals surface area contributed by atoms with Gasteiger partial charge in [0.05, 0.1) is 0 Å². The predicted molar refractivity (Wildman–Crippen MR) is 81.2 cm³/mol. The average molecular weight is 405 g/mol. The minimum atomic E-state index is 0. The van der Waals surface area contributed by atoms with E-state index in [0.29, 0.717) is 0 Å². The Hall–Kier alpha value is 0.163. The van der Waals surface area contributed by atoms with Crippen LogP contribution in [0.3, 0.4) is 0 Å². The van der Waals surface area contributed by atoms with Gasteiger partial charge in [-0.05, 0) is 0 Å². The summed E-state index contributed by atoms with van der Waals surface area (Å²) < 4.78 is 0. The van der Waals surface area contributed by atoms with Crippen LogP contribution in [0, 0.1) is 11.8 Å². The van der Waals surface area contributed by atoms with Crippen molar-refractivity contribution in [2.75, 3.05) is 0 Å². The van der Waals surface area contributed by atoms with Crippen molar-refractivity contribution < 1.29 is 51.0 Å². The van der Waals surface area contributed by atoms with E-state index in [1.54, 1.807) is 0 Å². The molecule has 2 rings (SSSR count). The maximum absolute atomic E-state index is 2.24. The molecule has 0 N–H and O–H groups in total. The first-order valence-electron chi connectivity index (χ1n) is 6.99. The minimum absolute atomic E-state index is 0. The van der Waals surface area contributed by atoms with Gasteiger partial charge in [0.2, 0.25) is 0 Å². The molecule has 116 valence electrons. The Balaban J connectivity index is -0.000000270. The summed E-state index contributed by atoms with van der Waals surface area (Å²) in [6.07, 6.45) is 2.43. The van der Waals surface area contributed by atoms with Crippen molar-refractivity contribution in [2.24, 2.45) is 11.8 Å². The van der Waals surface area contributed by atoms with Crippen LogP contribution in [0.5, 0.6) is 0 Å². The molecular formula is C18H26Cl2Zr. The van der Waals surface area contributed by atoms with Gasteiger partial charge < -0.3 is 24.8 Å². The van der Waals surface area contributed by atoms with Crippen molar-refractivity contribution in [3.8, 4) is 0 Å². The molecule has 0 amide bonds. The van der Waals surface area contributed by atoms with Crippen molar-refractivity contribution in [3.63, 3.8) is 0 Å². The first-order chi connectivity index (χ1) is 8.58. The van der Waals surface area contributed by atoms with E-state index >= 15 is 0 Å². The van der Waals surface area contributed by atoms with E-state index in [1.165, 1.54) is 24.0 Å². The van der Waals surface area contributed by atoms with E-state index in [4.69, 9.17) is 0 Å². The van der Waals surface area contributed by atoms with Crippen LogP contribution < -0.4 is 24.8 Å². The Morgan fingerprint density at radius 1 is 0.619 bits per heavy atom. The molecule has 0 aliphatic heterocycles. The van der Waals surface area contributed by atoms with Crippen molar-refractivity contribution >= 4 is 0 Å². The quantitative estimate of drug-likeness (QED) is 0.587. The molecule has 0 nitrogen and oxygen atoms in total. The molecule has 0 spiro atoms. The third-order valence-corrected chi connectivity index (χ3v) is 2.75. The molecule has 0 heterocycles. The zero-order chi connectivity index (χ0) is 13.4. The van der Waals surface area contributed by atoms with Gasteiger partial charge in [-0.15, -0.1) is 0 Å². The number of hydrogen-bond donors (Lipinski definition) is 0. The second-order valence-electron chi connectivity index (χ2n) is 5.78. The topological polar surface area (TPSA) is 0 Å². The summed E-state index contributed by atoms with van der Waals surface area (Å²) in [5.74, 6) is 1.57. The van der Waals surface area contributed by atoms with Gasteiger partial charge in [0, 0.05) is 0 Å². The normalized spacial score (nSPS) is 9.05. The zero-order valence-corrected chi connectivity index (χ0v) is 17.4. The van der Waals surface area contributed by atoms with Crippen LogP contribution in [0.2, 0.25) is 0 Å². The van der Waals surface area contributed by atoms with Crippen LogP contribution in [0.1, 0.15) is 38.8 Å². The fraction of sp³-hybridized carbons (Fsp3) is 0.444. The van der Waals surface area contributed by atoms with Crippen molar-refractivity contribution in [2.45, 2.75) is 40.5 Å². The summed E-state index contributed by atoms with van der Waals surface area (Å²) in [5.41, 5.74) is 2.93. The van der Waals surface area contributed by atoms with Crippen LogP contribution in [0.15, 0.2) is 48.5 Å². The molecule has 0 saturated heterocycles. The standard InChI is InChI=1S/2C9H13.2ClH.Zr/c2*1-8(2)7-9-5-3-4-6-9;;;/h2*3-6,8H,7H2,1-2H3;2*1H;/q2*-1;;;+4/p-2. The second kappa shape index (κ2) is 15.1. The fourth-order valence-electron chi connectivity index (χ4n) is 2.04. The summed E-state index contributed by atoms with van der Waals surface area (Å²) in [7, 11) is 0. The average Bonchev–Trinajstić information content (AvgIpc) is 2.90. The Kier molecular flexibility index (Phi) is 18.7. The van der Waals surface area contributed by atoms with Gasteiger partial charge in [0.1, 0.15) is 0 Å². The Labute approximate surface area is 162 Å². The van der Waals surface area contributed by atoms with Gasteiger partial charge in [-0.3, -0.25) is 0 Å². The van der Waals surface area contributed by atoms with Crippen LogP contribution in [-0.2, 0) is 39.0 Å². The summed E-state index contributed by atoms with van der Waals surface area (Å²) in [6.45, 7) is 8.97. The zero-order valence-electron chi connectivity index (χ0n) is 13.4. The molecule has 0 aliphatic rings. The predicted octanol–water partition coefficient (Wildman–Crippen LogP) is -0.786. The van der Waals surface area contributed by atoms with E-state index in [9.17, 15) is 0 Å². The maximum Gasteiger partial charge on any atom is 4.00 e. The van der Waals surface area contributed by atoms with E-state index in [2.05, 4.69) is 76.2 Å². The minimum Gasteiger partial charge on any atom is -1.00 e. The monoisotopic (exact) mass is 402 g/mol. The van der Waals surface area contributed by atoms with E-state index in [1.807, 2.05) is 0 Å². The first-order valence-corrected chi connectivity index (χ1v) is 6.99. The molecule has 0 unspecified atom stereocenters. The van der Waals surface area contributed by atoms with Crippen molar-refractivity contribution in [1.82, 2.24) is 0 Å². The molecule has 0 saturated carbocycles. The van der Waals surface area contributed by atoms with Crippen molar-refractivity contribution in [1.29, 1.82) is 0 Å². The van der Waals surface area contributed by atoms with Crippen LogP contribution >= 0.6 is 0 Å². The third kappa shape index (κ3) is 13.5. The molecule has 0 atom stereocenters. The molecule has 0 bridgehead atoms. The molecule has 0 aromatic heterocycles. The van der Waals surface area contributed by atoms with Gasteiger partial charge in [0.15, 0.2) is 0 Å². The fourth-order valence-corrected chi connectivity index (χ4v) is 2.04. The summed E-state index contributed by atoms with van der Waals surface area (Å²) >= 11 is 0. The van der Waals surface area contributed by atoms with Gasteiger partial charge >= 0.3 is 26.2 Å². The van der Waals surface area contributed by atoms with Gasteiger partial charge in [0.25, 0.3) is 0 Å². The van der Waals surface area contributed by atoms with E-state index < -0.39 is 0 Å². The molecule has 2 aromatic carbocycles. The maximum atomic E-state index is 2.24. The molecule has 0 fully saturated rings. The Morgan fingerprint density at radius 3 is 1.05 bits per heavy atom. The molecule has 3 heteroatoms. The largest absolute Gasteiger partial charge is 4.00 e. The Bertz CT molecular complexity index is 349. The first kappa shape index (κ1) is 26.1. The summed E-state index contributed by atoms with van der Waals surface area (Å²) in [5, 5.41) is 0. The number of rotatable bonds is 4. The number of hydrogen-bond acceptors (Lipinski definition) is 0. The molecule has 21 heavy (non-hydrogen) atoms. The summed E-state index contributed by atoms with van der Waals surface area (Å²) in [4.78, 5) is 0. The molecule has 0 aliphatic carbocycles. The van der Waals surface area contributed by atoms with Crippen molar-refractivity contribution in [3.05, 3.63) is 59.7 Å². The summed E-state index contributed by atoms with van der Waals surface area (Å²) in [6, 6.07) is 17.1. The van der Waals surface area contributed by atoms with Crippen LogP contribution in [-0.4, -0.2) is 0 Å². The van der Waals surface area contributed by atoms with Gasteiger partial charge in [-0.1, -0.05) is 52.4 Å². The molecular weight excluding hydrogens is 378 g/mol. The Morgan fingerprint density at radius 2 is 0.857 bits per heavy atom. The molecule has 0 radical (unpaired) electrons. The van der Waals surface area contributed by atoms with Crippen LogP contribution in [0.4, 0.5) is 0 Å². The SMILES string of the molecule is CC(C)C[c-]1cccc1.CC(C)C[c-]1cccc1.[Cl-].[Cl-].[Zr+4]. The third-order valence-electron chi connectivity index (χ3n) is 2.75.